The molecule has 9 nitrogen and oxygen atoms in total. The van der Waals surface area contributed by atoms with Crippen LogP contribution in [0, 0.1) is 5.82 Å². The van der Waals surface area contributed by atoms with E-state index in [1.54, 1.807) is 59.7 Å². The molecule has 3 N–H and O–H groups in total. The van der Waals surface area contributed by atoms with Crippen LogP contribution >= 0.6 is 11.6 Å². The van der Waals surface area contributed by atoms with Gasteiger partial charge in [-0.05, 0) is 71.9 Å². The summed E-state index contributed by atoms with van der Waals surface area (Å²) in [5.74, 6) is -0.538. The number of alkyl carbamates (subject to hydrolysis) is 1. The van der Waals surface area contributed by atoms with Crippen molar-refractivity contribution >= 4 is 40.3 Å². The zero-order chi connectivity index (χ0) is 26.8. The number of nitrogens with one attached hydrogen (secondary N) is 3. The van der Waals surface area contributed by atoms with E-state index in [-0.39, 0.29) is 33.6 Å². The lowest BCUT2D eigenvalue weighted by atomic mass is 10.2. The molecule has 3 rings (SSSR count). The molecule has 0 spiro atoms. The van der Waals surface area contributed by atoms with Crippen molar-refractivity contribution in [2.75, 3.05) is 5.32 Å². The van der Waals surface area contributed by atoms with Crippen LogP contribution in [0.3, 0.4) is 0 Å². The monoisotopic (exact) mass is 517 g/mol. The second-order valence-corrected chi connectivity index (χ2v) is 9.94. The minimum atomic E-state index is -0.790. The van der Waals surface area contributed by atoms with E-state index in [2.05, 4.69) is 20.9 Å². The Morgan fingerprint density at radius 2 is 1.81 bits per heavy atom. The van der Waals surface area contributed by atoms with Crippen molar-refractivity contribution in [1.82, 2.24) is 20.2 Å². The zero-order valence-corrected chi connectivity index (χ0v) is 21.7. The third-order valence-corrected chi connectivity index (χ3v) is 5.18. The molecule has 192 valence electrons. The lowest BCUT2D eigenvalue weighted by Crippen LogP contribution is -2.37. The van der Waals surface area contributed by atoms with Crippen LogP contribution in [0.25, 0.3) is 16.6 Å². The van der Waals surface area contributed by atoms with Crippen LogP contribution in [0.1, 0.15) is 53.4 Å². The van der Waals surface area contributed by atoms with Crippen molar-refractivity contribution in [2.45, 2.75) is 59.2 Å². The number of carbonyl (C=O) groups is 2. The number of carbonyl (C=O) groups excluding carboxylic acids is 2. The average Bonchev–Trinajstić information content (AvgIpc) is 2.73. The summed E-state index contributed by atoms with van der Waals surface area (Å²) in [5.41, 5.74) is -0.864. The first-order chi connectivity index (χ1) is 16.8. The molecule has 0 aliphatic rings. The lowest BCUT2D eigenvalue weighted by Gasteiger charge is -2.23. The van der Waals surface area contributed by atoms with Crippen molar-refractivity contribution in [2.24, 2.45) is 0 Å². The number of ether oxygens (including phenoxy) is 1. The molecule has 0 radical (unpaired) electrons. The predicted octanol–water partition coefficient (Wildman–Crippen LogP) is 5.29. The number of amides is 3. The third-order valence-electron chi connectivity index (χ3n) is 4.87. The van der Waals surface area contributed by atoms with Gasteiger partial charge < -0.3 is 20.7 Å². The summed E-state index contributed by atoms with van der Waals surface area (Å²) in [6.07, 6.45) is -0.700. The molecule has 1 heterocycles. The van der Waals surface area contributed by atoms with Gasteiger partial charge in [-0.2, -0.15) is 0 Å². The minimum Gasteiger partial charge on any atom is -0.444 e. The van der Waals surface area contributed by atoms with Gasteiger partial charge >= 0.3 is 12.1 Å². The Kier molecular flexibility index (Phi) is 7.88. The standard InChI is InChI=1S/C25H29ClFN5O4/c1-13(2)28-23(34)31-19-12-15(10-11-17(19)27)32-21(14(3)29-24(35)36-25(4,5)6)30-18-9-7-8-16(26)20(18)22(32)33/h7-14H,1-6H3,(H,29,35)(H2,28,31,34)/t14-/m0/s1. The number of halogens is 2. The van der Waals surface area contributed by atoms with E-state index >= 15 is 0 Å². The van der Waals surface area contributed by atoms with E-state index in [1.807, 2.05) is 0 Å². The van der Waals surface area contributed by atoms with Crippen molar-refractivity contribution in [1.29, 1.82) is 0 Å². The fraction of sp³-hybridized carbons (Fsp3) is 0.360. The molecule has 1 atom stereocenters. The van der Waals surface area contributed by atoms with Gasteiger partial charge in [0.05, 0.1) is 33.3 Å². The number of hydrogen-bond acceptors (Lipinski definition) is 5. The molecule has 3 aromatic rings. The highest BCUT2D eigenvalue weighted by atomic mass is 35.5. The van der Waals surface area contributed by atoms with E-state index in [9.17, 15) is 18.8 Å². The summed E-state index contributed by atoms with van der Waals surface area (Å²) in [6.45, 7) is 10.4. The first-order valence-corrected chi connectivity index (χ1v) is 11.7. The summed E-state index contributed by atoms with van der Waals surface area (Å²) < 4.78 is 21.1. The minimum absolute atomic E-state index is 0.143. The fourth-order valence-electron chi connectivity index (χ4n) is 3.46. The maximum Gasteiger partial charge on any atom is 0.408 e. The molecular formula is C25H29ClFN5O4. The Morgan fingerprint density at radius 1 is 1.11 bits per heavy atom. The number of rotatable bonds is 5. The van der Waals surface area contributed by atoms with Gasteiger partial charge in [-0.25, -0.2) is 19.0 Å². The molecule has 1 aromatic heterocycles. The van der Waals surface area contributed by atoms with Gasteiger partial charge in [-0.1, -0.05) is 17.7 Å². The van der Waals surface area contributed by atoms with Crippen molar-refractivity contribution in [3.8, 4) is 5.69 Å². The quantitative estimate of drug-likeness (QED) is 0.425. The van der Waals surface area contributed by atoms with Gasteiger partial charge in [0.1, 0.15) is 17.2 Å². The molecule has 0 aliphatic carbocycles. The molecular weight excluding hydrogens is 489 g/mol. The number of urea groups is 1. The Hall–Kier alpha value is -3.66. The number of aromatic nitrogens is 2. The predicted molar refractivity (Wildman–Crippen MR) is 137 cm³/mol. The first-order valence-electron chi connectivity index (χ1n) is 11.3. The summed E-state index contributed by atoms with van der Waals surface area (Å²) in [4.78, 5) is 42.8. The molecule has 2 aromatic carbocycles. The maximum absolute atomic E-state index is 14.5. The normalized spacial score (nSPS) is 12.4. The molecule has 0 bridgehead atoms. The van der Waals surface area contributed by atoms with E-state index in [4.69, 9.17) is 16.3 Å². The van der Waals surface area contributed by atoms with Crippen LogP contribution in [-0.2, 0) is 4.74 Å². The largest absolute Gasteiger partial charge is 0.444 e. The van der Waals surface area contributed by atoms with Crippen molar-refractivity contribution in [3.63, 3.8) is 0 Å². The Bertz CT molecular complexity index is 1370. The first kappa shape index (κ1) is 26.9. The highest BCUT2D eigenvalue weighted by Crippen LogP contribution is 2.25. The van der Waals surface area contributed by atoms with E-state index in [1.165, 1.54) is 16.7 Å². The van der Waals surface area contributed by atoms with Gasteiger partial charge in [0.25, 0.3) is 5.56 Å². The van der Waals surface area contributed by atoms with Crippen molar-refractivity contribution < 1.29 is 18.7 Å². The third kappa shape index (κ3) is 6.31. The maximum atomic E-state index is 14.5. The van der Waals surface area contributed by atoms with Gasteiger partial charge in [-0.3, -0.25) is 9.36 Å². The summed E-state index contributed by atoms with van der Waals surface area (Å²) in [5, 5.41) is 8.09. The molecule has 36 heavy (non-hydrogen) atoms. The Balaban J connectivity index is 2.16. The summed E-state index contributed by atoms with van der Waals surface area (Å²) in [6, 6.07) is 7.09. The van der Waals surface area contributed by atoms with Gasteiger partial charge in [0, 0.05) is 6.04 Å². The van der Waals surface area contributed by atoms with Gasteiger partial charge in [0.15, 0.2) is 0 Å². The topological polar surface area (TPSA) is 114 Å². The van der Waals surface area contributed by atoms with Crippen LogP contribution < -0.4 is 21.5 Å². The molecule has 3 amide bonds. The summed E-state index contributed by atoms with van der Waals surface area (Å²) in [7, 11) is 0. The second-order valence-electron chi connectivity index (χ2n) is 9.53. The molecule has 0 saturated carbocycles. The van der Waals surface area contributed by atoms with Crippen LogP contribution in [0.2, 0.25) is 5.02 Å². The molecule has 0 aliphatic heterocycles. The molecule has 0 unspecified atom stereocenters. The number of benzene rings is 2. The Labute approximate surface area is 213 Å². The number of hydrogen-bond donors (Lipinski definition) is 3. The van der Waals surface area contributed by atoms with Crippen LogP contribution in [0.15, 0.2) is 41.2 Å². The lowest BCUT2D eigenvalue weighted by molar-refractivity contribution is 0.0505. The molecule has 0 saturated heterocycles. The van der Waals surface area contributed by atoms with E-state index < -0.39 is 35.1 Å². The zero-order valence-electron chi connectivity index (χ0n) is 20.9. The van der Waals surface area contributed by atoms with Crippen LogP contribution in [0.5, 0.6) is 0 Å². The van der Waals surface area contributed by atoms with Crippen LogP contribution in [-0.4, -0.2) is 33.3 Å². The van der Waals surface area contributed by atoms with Crippen molar-refractivity contribution in [3.05, 3.63) is 63.4 Å². The smallest absolute Gasteiger partial charge is 0.408 e. The highest BCUT2D eigenvalue weighted by Gasteiger charge is 2.24. The van der Waals surface area contributed by atoms with E-state index in [0.29, 0.717) is 5.52 Å². The van der Waals surface area contributed by atoms with Gasteiger partial charge in [0.2, 0.25) is 0 Å². The molecule has 11 heteroatoms. The Morgan fingerprint density at radius 3 is 2.44 bits per heavy atom. The number of nitrogens with zero attached hydrogens (tertiary/aromatic N) is 2. The van der Waals surface area contributed by atoms with Gasteiger partial charge in [-0.15, -0.1) is 0 Å². The summed E-state index contributed by atoms with van der Waals surface area (Å²) >= 11 is 6.32. The highest BCUT2D eigenvalue weighted by molar-refractivity contribution is 6.35. The fourth-order valence-corrected chi connectivity index (χ4v) is 3.71. The average molecular weight is 518 g/mol. The SMILES string of the molecule is CC(C)NC(=O)Nc1cc(-n2c([C@H](C)NC(=O)OC(C)(C)C)nc3cccc(Cl)c3c2=O)ccc1F. The molecule has 0 fully saturated rings. The van der Waals surface area contributed by atoms with E-state index in [0.717, 1.165) is 6.07 Å². The van der Waals surface area contributed by atoms with Crippen LogP contribution in [0.4, 0.5) is 19.7 Å². The number of anilines is 1. The number of fused-ring (bicyclic) bond motifs is 1. The second kappa shape index (κ2) is 10.5.